The molecule has 0 aliphatic carbocycles. The first-order chi connectivity index (χ1) is 8.36. The van der Waals surface area contributed by atoms with Crippen LogP contribution in [0.1, 0.15) is 6.92 Å². The minimum Gasteiger partial charge on any atom is -0.464 e. The molecule has 0 bridgehead atoms. The Labute approximate surface area is 110 Å². The van der Waals surface area contributed by atoms with Crippen molar-refractivity contribution in [3.63, 3.8) is 0 Å². The van der Waals surface area contributed by atoms with Gasteiger partial charge in [-0.15, -0.1) is 0 Å². The third kappa shape index (κ3) is 3.97. The molecule has 0 aliphatic rings. The molecular weight excluding hydrogens is 280 g/mol. The van der Waals surface area contributed by atoms with Crippen molar-refractivity contribution < 1.29 is 23.1 Å². The van der Waals surface area contributed by atoms with E-state index in [0.717, 1.165) is 0 Å². The van der Waals surface area contributed by atoms with Crippen LogP contribution >= 0.6 is 11.6 Å². The van der Waals surface area contributed by atoms with E-state index in [9.17, 15) is 18.3 Å². The van der Waals surface area contributed by atoms with Gasteiger partial charge in [0.2, 0.25) is 0 Å². The van der Waals surface area contributed by atoms with Crippen molar-refractivity contribution in [2.45, 2.75) is 17.9 Å². The Kier molecular flexibility index (Phi) is 5.13. The van der Waals surface area contributed by atoms with Crippen LogP contribution in [0.2, 0.25) is 5.02 Å². The van der Waals surface area contributed by atoms with Gasteiger partial charge in [-0.2, -0.15) is 0 Å². The smallest absolute Gasteiger partial charge is 0.336 e. The maximum absolute atomic E-state index is 11.9. The number of hydrogen-bond donors (Lipinski definition) is 1. The van der Waals surface area contributed by atoms with E-state index < -0.39 is 27.7 Å². The quantitative estimate of drug-likeness (QED) is 0.820. The minimum absolute atomic E-state index is 0.00440. The van der Waals surface area contributed by atoms with E-state index in [4.69, 9.17) is 11.6 Å². The maximum atomic E-state index is 11.9. The van der Waals surface area contributed by atoms with Gasteiger partial charge in [-0.05, 0) is 31.2 Å². The van der Waals surface area contributed by atoms with Gasteiger partial charge < -0.3 is 9.84 Å². The fraction of sp³-hybridized carbons (Fsp3) is 0.364. The molecule has 1 rings (SSSR count). The topological polar surface area (TPSA) is 80.7 Å². The molecule has 18 heavy (non-hydrogen) atoms. The van der Waals surface area contributed by atoms with Crippen LogP contribution in [0.15, 0.2) is 29.2 Å². The summed E-state index contributed by atoms with van der Waals surface area (Å²) < 4.78 is 28.2. The number of sulfone groups is 1. The number of benzene rings is 1. The van der Waals surface area contributed by atoms with E-state index in [1.54, 1.807) is 6.92 Å². The predicted molar refractivity (Wildman–Crippen MR) is 66.1 cm³/mol. The molecule has 1 unspecified atom stereocenters. The highest BCUT2D eigenvalue weighted by Crippen LogP contribution is 2.16. The number of rotatable bonds is 5. The molecule has 7 heteroatoms. The Morgan fingerprint density at radius 3 is 2.44 bits per heavy atom. The van der Waals surface area contributed by atoms with E-state index in [-0.39, 0.29) is 11.5 Å². The monoisotopic (exact) mass is 292 g/mol. The van der Waals surface area contributed by atoms with Crippen molar-refractivity contribution >= 4 is 27.4 Å². The molecule has 1 N–H and O–H groups in total. The molecule has 100 valence electrons. The number of aliphatic hydroxyl groups is 1. The van der Waals surface area contributed by atoms with Crippen LogP contribution in [0.25, 0.3) is 0 Å². The molecule has 1 aromatic carbocycles. The zero-order chi connectivity index (χ0) is 13.8. The Balaban J connectivity index is 2.82. The average molecular weight is 293 g/mol. The van der Waals surface area contributed by atoms with Gasteiger partial charge in [0.15, 0.2) is 15.9 Å². The molecule has 1 atom stereocenters. The molecule has 0 radical (unpaired) electrons. The summed E-state index contributed by atoms with van der Waals surface area (Å²) in [6, 6.07) is 5.47. The minimum atomic E-state index is -3.75. The van der Waals surface area contributed by atoms with Gasteiger partial charge in [-0.25, -0.2) is 13.2 Å². The summed E-state index contributed by atoms with van der Waals surface area (Å²) in [6.07, 6.45) is -1.69. The molecule has 0 aliphatic heterocycles. The first-order valence-electron chi connectivity index (χ1n) is 5.20. The number of aliphatic hydroxyl groups excluding tert-OH is 1. The summed E-state index contributed by atoms with van der Waals surface area (Å²) in [7, 11) is -3.75. The Bertz CT molecular complexity index is 509. The summed E-state index contributed by atoms with van der Waals surface area (Å²) >= 11 is 5.64. The number of halogens is 1. The van der Waals surface area contributed by atoms with Crippen molar-refractivity contribution in [2.24, 2.45) is 0 Å². The second-order valence-corrected chi connectivity index (χ2v) is 5.97. The molecule has 0 saturated heterocycles. The molecule has 1 aromatic rings. The van der Waals surface area contributed by atoms with Crippen molar-refractivity contribution in [1.29, 1.82) is 0 Å². The normalized spacial score (nSPS) is 13.1. The number of carbonyl (C=O) groups is 1. The molecule has 0 saturated carbocycles. The fourth-order valence-corrected chi connectivity index (χ4v) is 2.67. The average Bonchev–Trinajstić information content (AvgIpc) is 2.29. The van der Waals surface area contributed by atoms with Crippen molar-refractivity contribution in [2.75, 3.05) is 12.4 Å². The Hall–Kier alpha value is -1.11. The molecule has 0 amide bonds. The highest BCUT2D eigenvalue weighted by molar-refractivity contribution is 7.91. The molecule has 0 fully saturated rings. The van der Waals surface area contributed by atoms with Crippen molar-refractivity contribution in [1.82, 2.24) is 0 Å². The lowest BCUT2D eigenvalue weighted by Gasteiger charge is -2.10. The summed E-state index contributed by atoms with van der Waals surface area (Å²) in [5, 5.41) is 9.82. The number of ether oxygens (including phenoxy) is 1. The predicted octanol–water partition coefficient (Wildman–Crippen LogP) is 1.04. The van der Waals surface area contributed by atoms with Gasteiger partial charge in [-0.3, -0.25) is 0 Å². The zero-order valence-electron chi connectivity index (χ0n) is 9.67. The van der Waals surface area contributed by atoms with Crippen LogP contribution in [0.5, 0.6) is 0 Å². The van der Waals surface area contributed by atoms with Crippen LogP contribution in [0.4, 0.5) is 0 Å². The SMILES string of the molecule is CCOC(=O)C(O)CS(=O)(=O)c1ccc(Cl)cc1. The lowest BCUT2D eigenvalue weighted by molar-refractivity contribution is -0.151. The third-order valence-electron chi connectivity index (χ3n) is 2.11. The summed E-state index contributed by atoms with van der Waals surface area (Å²) in [5.41, 5.74) is 0. The van der Waals surface area contributed by atoms with Crippen LogP contribution in [-0.4, -0.2) is 38.0 Å². The zero-order valence-corrected chi connectivity index (χ0v) is 11.2. The van der Waals surface area contributed by atoms with E-state index in [2.05, 4.69) is 4.74 Å². The second kappa shape index (κ2) is 6.17. The second-order valence-electron chi connectivity index (χ2n) is 3.50. The van der Waals surface area contributed by atoms with Gasteiger partial charge in [-0.1, -0.05) is 11.6 Å². The van der Waals surface area contributed by atoms with Gasteiger partial charge in [0, 0.05) is 5.02 Å². The van der Waals surface area contributed by atoms with E-state index >= 15 is 0 Å². The highest BCUT2D eigenvalue weighted by atomic mass is 35.5. The van der Waals surface area contributed by atoms with Crippen molar-refractivity contribution in [3.05, 3.63) is 29.3 Å². The third-order valence-corrected chi connectivity index (χ3v) is 4.11. The first-order valence-corrected chi connectivity index (χ1v) is 7.23. The Morgan fingerprint density at radius 2 is 1.94 bits per heavy atom. The van der Waals surface area contributed by atoms with Gasteiger partial charge in [0.25, 0.3) is 0 Å². The van der Waals surface area contributed by atoms with Gasteiger partial charge in [0.05, 0.1) is 17.3 Å². The first kappa shape index (κ1) is 14.9. The fourth-order valence-electron chi connectivity index (χ4n) is 1.25. The summed E-state index contributed by atoms with van der Waals surface area (Å²) in [6.45, 7) is 1.65. The lowest BCUT2D eigenvalue weighted by Crippen LogP contribution is -2.30. The summed E-state index contributed by atoms with van der Waals surface area (Å²) in [4.78, 5) is 11.1. The number of hydrogen-bond acceptors (Lipinski definition) is 5. The standard InChI is InChI=1S/C11H13ClO5S/c1-2-17-11(14)10(13)7-18(15,16)9-5-3-8(12)4-6-9/h3-6,10,13H,2,7H2,1H3. The van der Waals surface area contributed by atoms with E-state index in [0.29, 0.717) is 5.02 Å². The molecule has 0 spiro atoms. The van der Waals surface area contributed by atoms with Crippen LogP contribution in [0, 0.1) is 0 Å². The van der Waals surface area contributed by atoms with Crippen LogP contribution in [-0.2, 0) is 19.4 Å². The number of carbonyl (C=O) groups excluding carboxylic acids is 1. The van der Waals surface area contributed by atoms with E-state index in [1.807, 2.05) is 0 Å². The highest BCUT2D eigenvalue weighted by Gasteiger charge is 2.25. The summed E-state index contributed by atoms with van der Waals surface area (Å²) in [5.74, 6) is -1.66. The number of esters is 1. The van der Waals surface area contributed by atoms with E-state index in [1.165, 1.54) is 24.3 Å². The van der Waals surface area contributed by atoms with Crippen LogP contribution in [0.3, 0.4) is 0 Å². The molecule has 0 aromatic heterocycles. The Morgan fingerprint density at radius 1 is 1.39 bits per heavy atom. The van der Waals surface area contributed by atoms with Crippen molar-refractivity contribution in [3.8, 4) is 0 Å². The molecule has 5 nitrogen and oxygen atoms in total. The van der Waals surface area contributed by atoms with Crippen LogP contribution < -0.4 is 0 Å². The maximum Gasteiger partial charge on any atom is 0.336 e. The van der Waals surface area contributed by atoms with Gasteiger partial charge in [0.1, 0.15) is 0 Å². The largest absolute Gasteiger partial charge is 0.464 e. The molecule has 0 heterocycles. The molecular formula is C11H13ClO5S. The lowest BCUT2D eigenvalue weighted by atomic mass is 10.4. The van der Waals surface area contributed by atoms with Gasteiger partial charge >= 0.3 is 5.97 Å².